The number of benzene rings is 1. The first-order chi connectivity index (χ1) is 10.8. The Kier molecular flexibility index (Phi) is 5.75. The van der Waals surface area contributed by atoms with Crippen molar-refractivity contribution in [2.24, 2.45) is 4.99 Å². The highest BCUT2D eigenvalue weighted by Gasteiger charge is 2.32. The quantitative estimate of drug-likeness (QED) is 0.763. The van der Waals surface area contributed by atoms with Crippen LogP contribution in [-0.4, -0.2) is 46.0 Å². The van der Waals surface area contributed by atoms with E-state index >= 15 is 0 Å². The van der Waals surface area contributed by atoms with Gasteiger partial charge in [-0.25, -0.2) is 17.8 Å². The molecule has 0 amide bonds. The summed E-state index contributed by atoms with van der Waals surface area (Å²) in [4.78, 5) is 4.48. The highest BCUT2D eigenvalue weighted by Crippen LogP contribution is 2.31. The van der Waals surface area contributed by atoms with E-state index in [9.17, 15) is 12.8 Å². The second kappa shape index (κ2) is 7.40. The zero-order valence-corrected chi connectivity index (χ0v) is 14.3. The molecule has 1 aliphatic rings. The Morgan fingerprint density at radius 3 is 2.48 bits per heavy atom. The Morgan fingerprint density at radius 2 is 1.96 bits per heavy atom. The van der Waals surface area contributed by atoms with Gasteiger partial charge in [-0.3, -0.25) is 0 Å². The minimum Gasteiger partial charge on any atom is -0.470 e. The minimum absolute atomic E-state index is 0.119. The third-order valence-electron chi connectivity index (χ3n) is 3.48. The molecule has 128 valence electrons. The molecule has 0 spiro atoms. The Balaban J connectivity index is 2.05. The van der Waals surface area contributed by atoms with Gasteiger partial charge in [0.05, 0.1) is 17.6 Å². The molecule has 0 saturated carbocycles. The lowest BCUT2D eigenvalue weighted by Crippen LogP contribution is -2.16. The molecule has 1 aromatic rings. The van der Waals surface area contributed by atoms with Crippen LogP contribution in [0.1, 0.15) is 31.9 Å². The van der Waals surface area contributed by atoms with Crippen LogP contribution in [0, 0.1) is 0 Å². The van der Waals surface area contributed by atoms with Gasteiger partial charge >= 0.3 is 0 Å². The van der Waals surface area contributed by atoms with Crippen LogP contribution in [-0.2, 0) is 19.3 Å². The van der Waals surface area contributed by atoms with E-state index < -0.39 is 28.7 Å². The largest absolute Gasteiger partial charge is 0.470 e. The van der Waals surface area contributed by atoms with Crippen molar-refractivity contribution in [1.29, 1.82) is 0 Å². The fourth-order valence-corrected chi connectivity index (χ4v) is 2.95. The highest BCUT2D eigenvalue weighted by molar-refractivity contribution is 7.90. The van der Waals surface area contributed by atoms with Crippen molar-refractivity contribution in [3.05, 3.63) is 29.8 Å². The van der Waals surface area contributed by atoms with Crippen molar-refractivity contribution < 1.29 is 22.3 Å². The van der Waals surface area contributed by atoms with Crippen LogP contribution in [0.4, 0.5) is 4.39 Å². The number of hydrogen-bond acceptors (Lipinski definition) is 5. The average Bonchev–Trinajstić information content (AvgIpc) is 2.89. The summed E-state index contributed by atoms with van der Waals surface area (Å²) in [5, 5.41) is 0. The van der Waals surface area contributed by atoms with Crippen molar-refractivity contribution >= 4 is 15.7 Å². The van der Waals surface area contributed by atoms with E-state index in [1.165, 1.54) is 12.1 Å². The number of halogens is 1. The monoisotopic (exact) mass is 343 g/mol. The molecule has 0 aliphatic carbocycles. The summed E-state index contributed by atoms with van der Waals surface area (Å²) < 4.78 is 47.4. The number of rotatable bonds is 7. The summed E-state index contributed by atoms with van der Waals surface area (Å²) in [6.07, 6.45) is 1.23. The van der Waals surface area contributed by atoms with Gasteiger partial charge in [-0.2, -0.15) is 0 Å². The molecule has 0 fully saturated rings. The molecule has 0 N–H and O–H groups in total. The van der Waals surface area contributed by atoms with Crippen molar-refractivity contribution in [3.63, 3.8) is 0 Å². The molecule has 0 unspecified atom stereocenters. The van der Waals surface area contributed by atoms with E-state index in [1.54, 1.807) is 12.1 Å². The Bertz CT molecular complexity index is 655. The van der Waals surface area contributed by atoms with Gasteiger partial charge in [-0.1, -0.05) is 12.1 Å². The van der Waals surface area contributed by atoms with E-state index in [-0.39, 0.29) is 11.0 Å². The van der Waals surface area contributed by atoms with E-state index in [0.29, 0.717) is 24.5 Å². The lowest BCUT2D eigenvalue weighted by molar-refractivity contribution is 0.0799. The molecular formula is C16H22FNO4S. The molecular weight excluding hydrogens is 321 g/mol. The molecule has 0 bridgehead atoms. The third kappa shape index (κ3) is 4.75. The van der Waals surface area contributed by atoms with Gasteiger partial charge in [0.1, 0.15) is 12.7 Å². The van der Waals surface area contributed by atoms with Gasteiger partial charge in [0.2, 0.25) is 0 Å². The Hall–Kier alpha value is -1.47. The van der Waals surface area contributed by atoms with Crippen LogP contribution in [0.25, 0.3) is 0 Å². The number of alkyl halides is 1. The van der Waals surface area contributed by atoms with Crippen LogP contribution < -0.4 is 0 Å². The van der Waals surface area contributed by atoms with Gasteiger partial charge < -0.3 is 9.47 Å². The fourth-order valence-electron chi connectivity index (χ4n) is 2.32. The topological polar surface area (TPSA) is 65.0 Å². The number of nitrogens with zero attached hydrogens (tertiary/aromatic N) is 1. The number of sulfone groups is 1. The van der Waals surface area contributed by atoms with E-state index in [2.05, 4.69) is 4.99 Å². The first-order valence-electron chi connectivity index (χ1n) is 7.52. The van der Waals surface area contributed by atoms with Crippen LogP contribution in [0.15, 0.2) is 34.2 Å². The lowest BCUT2D eigenvalue weighted by atomic mass is 10.0. The fraction of sp³-hybridized carbons (Fsp3) is 0.562. The zero-order chi connectivity index (χ0) is 17.0. The third-order valence-corrected chi connectivity index (χ3v) is 4.61. The summed E-state index contributed by atoms with van der Waals surface area (Å²) in [6, 6.07) is 5.69. The number of ether oxygens (including phenoxy) is 2. The van der Waals surface area contributed by atoms with Crippen LogP contribution >= 0.6 is 0 Å². The van der Waals surface area contributed by atoms with Crippen LogP contribution in [0.2, 0.25) is 0 Å². The van der Waals surface area contributed by atoms with Gasteiger partial charge in [-0.15, -0.1) is 0 Å². The van der Waals surface area contributed by atoms with Crippen molar-refractivity contribution in [1.82, 2.24) is 0 Å². The van der Waals surface area contributed by atoms with Gasteiger partial charge in [-0.05, 0) is 31.5 Å². The summed E-state index contributed by atoms with van der Waals surface area (Å²) in [7, 11) is -3.25. The van der Waals surface area contributed by atoms with Crippen molar-refractivity contribution in [2.45, 2.75) is 43.4 Å². The van der Waals surface area contributed by atoms with Gasteiger partial charge in [0.15, 0.2) is 21.8 Å². The molecule has 23 heavy (non-hydrogen) atoms. The molecule has 0 aromatic heterocycles. The van der Waals surface area contributed by atoms with Crippen molar-refractivity contribution in [3.8, 4) is 0 Å². The summed E-state index contributed by atoms with van der Waals surface area (Å²) in [5.74, 6) is 0.477. The molecule has 1 heterocycles. The SMILES string of the molecule is CC(C)OCCC1=N[C@H](CF)[C@@H](c2ccc(S(C)(=O)=O)cc2)O1. The van der Waals surface area contributed by atoms with E-state index in [4.69, 9.17) is 9.47 Å². The summed E-state index contributed by atoms with van der Waals surface area (Å²) in [6.45, 7) is 3.71. The summed E-state index contributed by atoms with van der Waals surface area (Å²) in [5.41, 5.74) is 0.712. The smallest absolute Gasteiger partial charge is 0.186 e. The molecule has 0 saturated heterocycles. The van der Waals surface area contributed by atoms with Crippen molar-refractivity contribution in [2.75, 3.05) is 19.5 Å². The molecule has 5 nitrogen and oxygen atoms in total. The van der Waals surface area contributed by atoms with Crippen LogP contribution in [0.5, 0.6) is 0 Å². The van der Waals surface area contributed by atoms with E-state index in [1.807, 2.05) is 13.8 Å². The molecule has 1 aliphatic heterocycles. The second-order valence-electron chi connectivity index (χ2n) is 5.79. The molecule has 0 radical (unpaired) electrons. The molecule has 2 atom stereocenters. The molecule has 7 heteroatoms. The van der Waals surface area contributed by atoms with Gasteiger partial charge in [0.25, 0.3) is 0 Å². The highest BCUT2D eigenvalue weighted by atomic mass is 32.2. The number of hydrogen-bond donors (Lipinski definition) is 0. The maximum absolute atomic E-state index is 13.2. The normalized spacial score (nSPS) is 21.3. The zero-order valence-electron chi connectivity index (χ0n) is 13.5. The Morgan fingerprint density at radius 1 is 1.30 bits per heavy atom. The van der Waals surface area contributed by atoms with Crippen LogP contribution in [0.3, 0.4) is 0 Å². The first-order valence-corrected chi connectivity index (χ1v) is 9.41. The molecule has 2 rings (SSSR count). The maximum Gasteiger partial charge on any atom is 0.186 e. The Labute approximate surface area is 136 Å². The minimum atomic E-state index is -3.25. The predicted molar refractivity (Wildman–Crippen MR) is 86.3 cm³/mol. The van der Waals surface area contributed by atoms with E-state index in [0.717, 1.165) is 6.26 Å². The first kappa shape index (κ1) is 17.9. The maximum atomic E-state index is 13.2. The lowest BCUT2D eigenvalue weighted by Gasteiger charge is -2.16. The predicted octanol–water partition coefficient (Wildman–Crippen LogP) is 2.71. The number of aliphatic imine (C=N–C) groups is 1. The molecule has 1 aromatic carbocycles. The van der Waals surface area contributed by atoms with Gasteiger partial charge in [0, 0.05) is 12.7 Å². The standard InChI is InChI=1S/C16H22FNO4S/c1-11(2)21-9-8-15-18-14(10-17)16(22-15)12-4-6-13(7-5-12)23(3,19)20/h4-7,11,14,16H,8-10H2,1-3H3/t14-,16-/m1/s1. The summed E-state index contributed by atoms with van der Waals surface area (Å²) >= 11 is 0. The average molecular weight is 343 g/mol. The second-order valence-corrected chi connectivity index (χ2v) is 7.81.